The van der Waals surface area contributed by atoms with Crippen molar-refractivity contribution in [3.8, 4) is 5.75 Å². The van der Waals surface area contributed by atoms with E-state index in [0.717, 1.165) is 22.6 Å². The molecule has 2 aromatic carbocycles. The van der Waals surface area contributed by atoms with Gasteiger partial charge < -0.3 is 15.5 Å². The summed E-state index contributed by atoms with van der Waals surface area (Å²) in [6, 6.07) is 11.1. The lowest BCUT2D eigenvalue weighted by Gasteiger charge is -2.33. The SMILES string of the molecule is COc1ccc(C2Nn3c(C)nnc3SC2C(=O)Nc2ccc(C)c(C)c2)cc1Cl. The molecular weight excluding hydrogens is 422 g/mol. The Kier molecular flexibility index (Phi) is 5.62. The zero-order chi connectivity index (χ0) is 21.4. The maximum atomic E-state index is 13.3. The Hall–Kier alpha value is -2.71. The van der Waals surface area contributed by atoms with E-state index in [2.05, 4.69) is 20.9 Å². The number of anilines is 1. The number of hydrogen-bond donors (Lipinski definition) is 2. The maximum absolute atomic E-state index is 13.3. The second kappa shape index (κ2) is 8.20. The Bertz CT molecular complexity index is 1120. The molecule has 2 atom stereocenters. The minimum Gasteiger partial charge on any atom is -0.495 e. The van der Waals surface area contributed by atoms with E-state index in [0.29, 0.717) is 15.9 Å². The number of ether oxygens (including phenoxy) is 1. The largest absolute Gasteiger partial charge is 0.495 e. The molecule has 1 amide bonds. The van der Waals surface area contributed by atoms with E-state index in [4.69, 9.17) is 16.3 Å². The number of aryl methyl sites for hydroxylation is 3. The molecule has 1 aliphatic heterocycles. The Balaban J connectivity index is 1.68. The normalized spacial score (nSPS) is 17.8. The van der Waals surface area contributed by atoms with Crippen LogP contribution in [0.2, 0.25) is 5.02 Å². The Morgan fingerprint density at radius 2 is 1.97 bits per heavy atom. The fraction of sp³-hybridized carbons (Fsp3) is 0.286. The highest BCUT2D eigenvalue weighted by atomic mass is 35.5. The first-order chi connectivity index (χ1) is 14.4. The second-order valence-electron chi connectivity index (χ2n) is 7.19. The number of nitrogens with zero attached hydrogens (tertiary/aromatic N) is 3. The molecule has 3 aromatic rings. The molecule has 0 bridgehead atoms. The number of amides is 1. The molecule has 0 spiro atoms. The van der Waals surface area contributed by atoms with Gasteiger partial charge in [-0.25, -0.2) is 4.68 Å². The van der Waals surface area contributed by atoms with Crippen molar-refractivity contribution < 1.29 is 9.53 Å². The standard InChI is InChI=1S/C21H22ClN5O2S/c1-11-5-7-15(9-12(11)2)23-20(28)19-18(14-6-8-17(29-4)16(22)10-14)26-27-13(3)24-25-21(27)30-19/h5-10,18-19,26H,1-4H3,(H,23,28). The van der Waals surface area contributed by atoms with Crippen LogP contribution in [0.4, 0.5) is 5.69 Å². The predicted molar refractivity (Wildman–Crippen MR) is 119 cm³/mol. The van der Waals surface area contributed by atoms with E-state index in [-0.39, 0.29) is 11.9 Å². The molecule has 1 aliphatic rings. The van der Waals surface area contributed by atoms with Crippen LogP contribution < -0.4 is 15.5 Å². The van der Waals surface area contributed by atoms with Crippen LogP contribution in [0.3, 0.4) is 0 Å². The van der Waals surface area contributed by atoms with Gasteiger partial charge in [0, 0.05) is 5.69 Å². The molecule has 2 heterocycles. The number of fused-ring (bicyclic) bond motifs is 1. The van der Waals surface area contributed by atoms with Crippen molar-refractivity contribution in [3.05, 3.63) is 63.9 Å². The number of methoxy groups -OCH3 is 1. The molecule has 1 aromatic heterocycles. The first-order valence-electron chi connectivity index (χ1n) is 9.44. The Morgan fingerprint density at radius 1 is 1.17 bits per heavy atom. The van der Waals surface area contributed by atoms with Gasteiger partial charge in [0.05, 0.1) is 18.2 Å². The third kappa shape index (κ3) is 3.85. The molecule has 7 nitrogen and oxygen atoms in total. The van der Waals surface area contributed by atoms with Gasteiger partial charge in [-0.3, -0.25) is 4.79 Å². The van der Waals surface area contributed by atoms with Crippen LogP contribution in [0.5, 0.6) is 5.75 Å². The molecule has 0 radical (unpaired) electrons. The lowest BCUT2D eigenvalue weighted by atomic mass is 10.0. The summed E-state index contributed by atoms with van der Waals surface area (Å²) in [5, 5.41) is 12.0. The van der Waals surface area contributed by atoms with Crippen LogP contribution in [0.15, 0.2) is 41.6 Å². The minimum absolute atomic E-state index is 0.125. The highest BCUT2D eigenvalue weighted by Gasteiger charge is 2.37. The van der Waals surface area contributed by atoms with Gasteiger partial charge in [0.2, 0.25) is 11.1 Å². The molecule has 4 rings (SSSR count). The van der Waals surface area contributed by atoms with Crippen molar-refractivity contribution >= 4 is 35.0 Å². The monoisotopic (exact) mass is 443 g/mol. The highest BCUT2D eigenvalue weighted by molar-refractivity contribution is 8.00. The number of thioether (sulfide) groups is 1. The van der Waals surface area contributed by atoms with Gasteiger partial charge in [0.15, 0.2) is 0 Å². The number of carbonyl (C=O) groups excluding carboxylic acids is 1. The summed E-state index contributed by atoms with van der Waals surface area (Å²) in [4.78, 5) is 13.3. The molecule has 156 valence electrons. The van der Waals surface area contributed by atoms with E-state index in [1.165, 1.54) is 17.3 Å². The fourth-order valence-corrected chi connectivity index (χ4v) is 4.71. The van der Waals surface area contributed by atoms with Gasteiger partial charge >= 0.3 is 0 Å². The van der Waals surface area contributed by atoms with E-state index < -0.39 is 5.25 Å². The third-order valence-electron chi connectivity index (χ3n) is 5.17. The van der Waals surface area contributed by atoms with Crippen molar-refractivity contribution in [1.29, 1.82) is 0 Å². The second-order valence-corrected chi connectivity index (χ2v) is 8.71. The van der Waals surface area contributed by atoms with Gasteiger partial charge in [-0.15, -0.1) is 10.2 Å². The third-order valence-corrected chi connectivity index (χ3v) is 6.68. The summed E-state index contributed by atoms with van der Waals surface area (Å²) in [5.74, 6) is 1.18. The number of aromatic nitrogens is 3. The minimum atomic E-state index is -0.479. The zero-order valence-corrected chi connectivity index (χ0v) is 18.6. The number of rotatable bonds is 4. The quantitative estimate of drug-likeness (QED) is 0.627. The maximum Gasteiger partial charge on any atom is 0.240 e. The molecule has 9 heteroatoms. The van der Waals surface area contributed by atoms with Gasteiger partial charge in [-0.2, -0.15) is 0 Å². The van der Waals surface area contributed by atoms with Crippen LogP contribution in [0.1, 0.15) is 28.6 Å². The van der Waals surface area contributed by atoms with Crippen molar-refractivity contribution in [2.75, 3.05) is 17.9 Å². The molecule has 2 N–H and O–H groups in total. The van der Waals surface area contributed by atoms with Gasteiger partial charge in [-0.1, -0.05) is 35.5 Å². The summed E-state index contributed by atoms with van der Waals surface area (Å²) < 4.78 is 7.06. The zero-order valence-electron chi connectivity index (χ0n) is 17.1. The highest BCUT2D eigenvalue weighted by Crippen LogP contribution is 2.39. The van der Waals surface area contributed by atoms with Crippen LogP contribution >= 0.6 is 23.4 Å². The summed E-state index contributed by atoms with van der Waals surface area (Å²) >= 11 is 7.73. The van der Waals surface area contributed by atoms with Gasteiger partial charge in [-0.05, 0) is 61.7 Å². The summed E-state index contributed by atoms with van der Waals surface area (Å²) in [7, 11) is 1.57. The molecule has 0 aliphatic carbocycles. The van der Waals surface area contributed by atoms with Crippen LogP contribution in [-0.2, 0) is 4.79 Å². The van der Waals surface area contributed by atoms with Crippen molar-refractivity contribution in [3.63, 3.8) is 0 Å². The Labute approximate surface area is 184 Å². The smallest absolute Gasteiger partial charge is 0.240 e. The lowest BCUT2D eigenvalue weighted by molar-refractivity contribution is -0.116. The first-order valence-corrected chi connectivity index (χ1v) is 10.7. The predicted octanol–water partition coefficient (Wildman–Crippen LogP) is 4.26. The van der Waals surface area contributed by atoms with Crippen LogP contribution in [0, 0.1) is 20.8 Å². The number of halogens is 1. The van der Waals surface area contributed by atoms with Crippen molar-refractivity contribution in [2.24, 2.45) is 0 Å². The van der Waals surface area contributed by atoms with Crippen molar-refractivity contribution in [2.45, 2.75) is 37.2 Å². The average Bonchev–Trinajstić information content (AvgIpc) is 3.09. The fourth-order valence-electron chi connectivity index (χ4n) is 3.32. The van der Waals surface area contributed by atoms with Crippen molar-refractivity contribution in [1.82, 2.24) is 14.9 Å². The molecular formula is C21H22ClN5O2S. The summed E-state index contributed by atoms with van der Waals surface area (Å²) in [6.45, 7) is 5.92. The number of nitrogens with one attached hydrogen (secondary N) is 2. The summed E-state index contributed by atoms with van der Waals surface area (Å²) in [6.07, 6.45) is 0. The van der Waals surface area contributed by atoms with Crippen LogP contribution in [0.25, 0.3) is 0 Å². The number of hydrogen-bond acceptors (Lipinski definition) is 6. The molecule has 0 fully saturated rings. The van der Waals surface area contributed by atoms with E-state index in [9.17, 15) is 4.79 Å². The number of benzene rings is 2. The van der Waals surface area contributed by atoms with Gasteiger partial charge in [0.25, 0.3) is 0 Å². The molecule has 2 unspecified atom stereocenters. The molecule has 0 saturated heterocycles. The average molecular weight is 444 g/mol. The van der Waals surface area contributed by atoms with Crippen LogP contribution in [-0.4, -0.2) is 33.1 Å². The summed E-state index contributed by atoms with van der Waals surface area (Å²) in [5.41, 5.74) is 7.30. The van der Waals surface area contributed by atoms with E-state index in [1.807, 2.05) is 51.1 Å². The molecule has 30 heavy (non-hydrogen) atoms. The number of carbonyl (C=O) groups is 1. The first kappa shape index (κ1) is 20.6. The Morgan fingerprint density at radius 3 is 2.67 bits per heavy atom. The lowest BCUT2D eigenvalue weighted by Crippen LogP contribution is -2.41. The van der Waals surface area contributed by atoms with E-state index >= 15 is 0 Å². The van der Waals surface area contributed by atoms with Gasteiger partial charge in [0.1, 0.15) is 16.8 Å². The topological polar surface area (TPSA) is 81.1 Å². The molecule has 0 saturated carbocycles. The van der Waals surface area contributed by atoms with E-state index in [1.54, 1.807) is 17.9 Å².